The van der Waals surface area contributed by atoms with Crippen LogP contribution in [0.5, 0.6) is 0 Å². The maximum absolute atomic E-state index is 12.1. The lowest BCUT2D eigenvalue weighted by Crippen LogP contribution is -2.44. The number of furan rings is 1. The minimum Gasteiger partial charge on any atom is -0.480 e. The lowest BCUT2D eigenvalue weighted by atomic mass is 10.1. The molecule has 0 fully saturated rings. The summed E-state index contributed by atoms with van der Waals surface area (Å²) in [5.74, 6) is -2.88. The summed E-state index contributed by atoms with van der Waals surface area (Å²) in [5.41, 5.74) is 5.31. The van der Waals surface area contributed by atoms with Crippen LogP contribution in [0.15, 0.2) is 22.8 Å². The second kappa shape index (κ2) is 6.71. The van der Waals surface area contributed by atoms with Gasteiger partial charge in [-0.15, -0.1) is 0 Å². The first kappa shape index (κ1) is 15.7. The average Bonchev–Trinajstić information content (AvgIpc) is 2.89. The summed E-state index contributed by atoms with van der Waals surface area (Å²) in [6, 6.07) is 0.675. The van der Waals surface area contributed by atoms with E-state index >= 15 is 0 Å². The molecule has 0 bridgehead atoms. The molecule has 8 nitrogen and oxygen atoms in total. The predicted octanol–water partition coefficient (Wildman–Crippen LogP) is 0.278. The number of anilines is 1. The molecule has 1 aromatic heterocycles. The maximum atomic E-state index is 12.1. The highest BCUT2D eigenvalue weighted by Gasteiger charge is 2.29. The first-order chi connectivity index (χ1) is 9.34. The van der Waals surface area contributed by atoms with Crippen LogP contribution in [-0.4, -0.2) is 40.1 Å². The third-order valence-corrected chi connectivity index (χ3v) is 2.74. The second-order valence-electron chi connectivity index (χ2n) is 4.21. The van der Waals surface area contributed by atoms with E-state index in [4.69, 9.17) is 20.4 Å². The van der Waals surface area contributed by atoms with Gasteiger partial charge in [0.2, 0.25) is 11.8 Å². The number of hydrogen-bond acceptors (Lipinski definition) is 5. The van der Waals surface area contributed by atoms with E-state index in [1.54, 1.807) is 0 Å². The van der Waals surface area contributed by atoms with Crippen LogP contribution in [-0.2, 0) is 14.4 Å². The normalized spacial score (nSPS) is 13.5. The first-order valence-corrected chi connectivity index (χ1v) is 5.91. The van der Waals surface area contributed by atoms with Crippen molar-refractivity contribution in [2.24, 2.45) is 5.73 Å². The number of carboxylic acids is 2. The van der Waals surface area contributed by atoms with E-state index in [2.05, 4.69) is 0 Å². The molecular formula is C12H16N2O6. The number of amides is 1. The van der Waals surface area contributed by atoms with Crippen LogP contribution >= 0.6 is 0 Å². The Morgan fingerprint density at radius 1 is 1.35 bits per heavy atom. The number of aliphatic carboxylic acids is 2. The summed E-state index contributed by atoms with van der Waals surface area (Å²) in [6.45, 7) is 1.33. The molecule has 1 heterocycles. The topological polar surface area (TPSA) is 134 Å². The number of carboxylic acid groups (broad SMARTS) is 2. The monoisotopic (exact) mass is 284 g/mol. The first-order valence-electron chi connectivity index (χ1n) is 5.91. The van der Waals surface area contributed by atoms with Crippen LogP contribution in [0.2, 0.25) is 0 Å². The summed E-state index contributed by atoms with van der Waals surface area (Å²) < 4.78 is 5.04. The molecule has 1 rings (SSSR count). The molecule has 1 aromatic rings. The minimum atomic E-state index is -1.21. The molecule has 0 radical (unpaired) electrons. The van der Waals surface area contributed by atoms with Crippen LogP contribution in [0.4, 0.5) is 5.88 Å². The van der Waals surface area contributed by atoms with Gasteiger partial charge in [0.25, 0.3) is 0 Å². The van der Waals surface area contributed by atoms with Gasteiger partial charge in [-0.1, -0.05) is 0 Å². The van der Waals surface area contributed by atoms with Gasteiger partial charge >= 0.3 is 11.9 Å². The van der Waals surface area contributed by atoms with Crippen molar-refractivity contribution in [3.63, 3.8) is 0 Å². The van der Waals surface area contributed by atoms with Gasteiger partial charge in [-0.2, -0.15) is 0 Å². The fourth-order valence-electron chi connectivity index (χ4n) is 1.57. The third-order valence-electron chi connectivity index (χ3n) is 2.74. The Morgan fingerprint density at radius 3 is 2.45 bits per heavy atom. The molecule has 4 N–H and O–H groups in total. The van der Waals surface area contributed by atoms with E-state index in [0.717, 1.165) is 4.90 Å². The number of nitrogens with two attached hydrogens (primary N) is 1. The van der Waals surface area contributed by atoms with Gasteiger partial charge in [-0.25, -0.2) is 4.79 Å². The summed E-state index contributed by atoms with van der Waals surface area (Å²) in [4.78, 5) is 34.7. The highest BCUT2D eigenvalue weighted by atomic mass is 16.4. The smallest absolute Gasteiger partial charge is 0.326 e. The quantitative estimate of drug-likeness (QED) is 0.654. The van der Waals surface area contributed by atoms with Crippen molar-refractivity contribution in [1.29, 1.82) is 0 Å². The highest BCUT2D eigenvalue weighted by Crippen LogP contribution is 2.19. The Labute approximate surface area is 114 Å². The fraction of sp³-hybridized carbons (Fsp3) is 0.417. The van der Waals surface area contributed by atoms with Gasteiger partial charge in [0.15, 0.2) is 0 Å². The van der Waals surface area contributed by atoms with Crippen LogP contribution in [0, 0.1) is 0 Å². The SMILES string of the molecule is C[C@@H](C(=O)O)N(C(=O)CC[C@H](N)C(=O)O)c1ccco1. The average molecular weight is 284 g/mol. The van der Waals surface area contributed by atoms with Crippen molar-refractivity contribution in [3.05, 3.63) is 18.4 Å². The van der Waals surface area contributed by atoms with Crippen molar-refractivity contribution >= 4 is 23.7 Å². The van der Waals surface area contributed by atoms with Crippen molar-refractivity contribution in [1.82, 2.24) is 0 Å². The van der Waals surface area contributed by atoms with E-state index in [1.165, 1.54) is 25.3 Å². The number of nitrogens with zero attached hydrogens (tertiary/aromatic N) is 1. The zero-order valence-corrected chi connectivity index (χ0v) is 10.9. The van der Waals surface area contributed by atoms with Crippen molar-refractivity contribution < 1.29 is 29.0 Å². The molecule has 8 heteroatoms. The third kappa shape index (κ3) is 3.82. The zero-order chi connectivity index (χ0) is 15.3. The molecule has 0 spiro atoms. The lowest BCUT2D eigenvalue weighted by molar-refractivity contribution is -0.140. The summed E-state index contributed by atoms with van der Waals surface area (Å²) in [7, 11) is 0. The predicted molar refractivity (Wildman–Crippen MR) is 68.1 cm³/mol. The molecular weight excluding hydrogens is 268 g/mol. The molecule has 2 atom stereocenters. The Hall–Kier alpha value is -2.35. The molecule has 0 unspecified atom stereocenters. The van der Waals surface area contributed by atoms with E-state index < -0.39 is 29.9 Å². The Kier molecular flexibility index (Phi) is 5.27. The molecule has 0 aliphatic heterocycles. The van der Waals surface area contributed by atoms with Crippen LogP contribution < -0.4 is 10.6 Å². The lowest BCUT2D eigenvalue weighted by Gasteiger charge is -2.24. The summed E-state index contributed by atoms with van der Waals surface area (Å²) >= 11 is 0. The summed E-state index contributed by atoms with van der Waals surface area (Å²) in [5, 5.41) is 17.7. The Bertz CT molecular complexity index is 484. The molecule has 0 aliphatic rings. The number of carbonyl (C=O) groups is 3. The molecule has 1 amide bonds. The van der Waals surface area contributed by atoms with Crippen LogP contribution in [0.25, 0.3) is 0 Å². The van der Waals surface area contributed by atoms with E-state index in [9.17, 15) is 14.4 Å². The molecule has 0 saturated carbocycles. The highest BCUT2D eigenvalue weighted by molar-refractivity contribution is 5.98. The van der Waals surface area contributed by atoms with E-state index in [-0.39, 0.29) is 18.7 Å². The van der Waals surface area contributed by atoms with Gasteiger partial charge in [0, 0.05) is 12.5 Å². The van der Waals surface area contributed by atoms with E-state index in [1.807, 2.05) is 0 Å². The zero-order valence-electron chi connectivity index (χ0n) is 10.9. The molecule has 20 heavy (non-hydrogen) atoms. The van der Waals surface area contributed by atoms with Gasteiger partial charge in [0.05, 0.1) is 6.26 Å². The largest absolute Gasteiger partial charge is 0.480 e. The van der Waals surface area contributed by atoms with Gasteiger partial charge in [-0.3, -0.25) is 14.5 Å². The van der Waals surface area contributed by atoms with Crippen molar-refractivity contribution in [3.8, 4) is 0 Å². The van der Waals surface area contributed by atoms with Gasteiger partial charge < -0.3 is 20.4 Å². The number of rotatable bonds is 7. The number of hydrogen-bond donors (Lipinski definition) is 3. The van der Waals surface area contributed by atoms with Gasteiger partial charge in [0.1, 0.15) is 12.1 Å². The second-order valence-corrected chi connectivity index (χ2v) is 4.21. The minimum absolute atomic E-state index is 0.0856. The van der Waals surface area contributed by atoms with Crippen LogP contribution in [0.3, 0.4) is 0 Å². The summed E-state index contributed by atoms with van der Waals surface area (Å²) in [6.07, 6.45) is 1.04. The van der Waals surface area contributed by atoms with E-state index in [0.29, 0.717) is 0 Å². The molecule has 0 saturated heterocycles. The van der Waals surface area contributed by atoms with Crippen molar-refractivity contribution in [2.45, 2.75) is 31.8 Å². The molecule has 0 aliphatic carbocycles. The number of carbonyl (C=O) groups excluding carboxylic acids is 1. The fourth-order valence-corrected chi connectivity index (χ4v) is 1.57. The van der Waals surface area contributed by atoms with Crippen LogP contribution in [0.1, 0.15) is 19.8 Å². The molecule has 110 valence electrons. The molecule has 0 aromatic carbocycles. The Balaban J connectivity index is 2.81. The van der Waals surface area contributed by atoms with Gasteiger partial charge in [-0.05, 0) is 19.4 Å². The maximum Gasteiger partial charge on any atom is 0.326 e. The van der Waals surface area contributed by atoms with Crippen molar-refractivity contribution in [2.75, 3.05) is 4.90 Å². The standard InChI is InChI=1S/C12H16N2O6/c1-7(11(16)17)14(10-3-2-6-20-10)9(15)5-4-8(13)12(18)19/h2-3,6-8H,4-5,13H2,1H3,(H,16,17)(H,18,19)/t7-,8-/m0/s1. The Morgan fingerprint density at radius 2 is 2.00 bits per heavy atom.